The van der Waals surface area contributed by atoms with Crippen LogP contribution in [0.25, 0.3) is 0 Å². The van der Waals surface area contributed by atoms with Crippen LogP contribution in [0, 0.1) is 0 Å². The summed E-state index contributed by atoms with van der Waals surface area (Å²) in [7, 11) is 1.31. The quantitative estimate of drug-likeness (QED) is 0.474. The number of benzene rings is 1. The minimum absolute atomic E-state index is 0.134. The van der Waals surface area contributed by atoms with E-state index in [1.165, 1.54) is 32.2 Å². The first-order chi connectivity index (χ1) is 9.21. The van der Waals surface area contributed by atoms with Crippen molar-refractivity contribution in [3.63, 3.8) is 0 Å². The van der Waals surface area contributed by atoms with Gasteiger partial charge in [-0.3, -0.25) is 4.79 Å². The number of ether oxygens (including phenoxy) is 2. The summed E-state index contributed by atoms with van der Waals surface area (Å²) in [6.07, 6.45) is -8.46. The summed E-state index contributed by atoms with van der Waals surface area (Å²) in [6, 6.07) is 4.10. The summed E-state index contributed by atoms with van der Waals surface area (Å²) >= 11 is 0. The number of methoxy groups -OCH3 is 1. The highest BCUT2D eigenvalue weighted by atomic mass is 19.4. The van der Waals surface area contributed by atoms with Gasteiger partial charge in [0.2, 0.25) is 0 Å². The van der Waals surface area contributed by atoms with Crippen molar-refractivity contribution < 1.29 is 31.8 Å². The van der Waals surface area contributed by atoms with Gasteiger partial charge in [0.15, 0.2) is 11.5 Å². The summed E-state index contributed by atoms with van der Waals surface area (Å²) in [5.41, 5.74) is 0.328. The normalized spacial score (nSPS) is 12.9. The first-order valence-corrected chi connectivity index (χ1v) is 5.77. The fourth-order valence-electron chi connectivity index (χ4n) is 1.66. The molecule has 0 fully saturated rings. The van der Waals surface area contributed by atoms with Crippen molar-refractivity contribution in [2.24, 2.45) is 0 Å². The average molecular weight is 294 g/mol. The lowest BCUT2D eigenvalue weighted by molar-refractivity contribution is -0.146. The van der Waals surface area contributed by atoms with E-state index in [4.69, 9.17) is 9.47 Å². The average Bonchev–Trinajstić information content (AvgIpc) is 2.27. The van der Waals surface area contributed by atoms with E-state index in [2.05, 4.69) is 0 Å². The summed E-state index contributed by atoms with van der Waals surface area (Å²) in [5.74, 6) is -0.261. The highest BCUT2D eigenvalue weighted by Crippen LogP contribution is 2.30. The number of carbonyl (C=O) groups is 1. The molecule has 0 N–H and O–H groups in total. The molecule has 112 valence electrons. The standard InChI is InChI=1S/C13H14F4O3/c1-8(18)20-11-4-3-9(6-12(11)19-2)5-10(14)7-13(15,16)17/h3-4,6,10H,5,7H2,1-2H3. The number of carbonyl (C=O) groups excluding carboxylic acids is 1. The highest BCUT2D eigenvalue weighted by molar-refractivity contribution is 5.70. The van der Waals surface area contributed by atoms with E-state index in [-0.39, 0.29) is 11.5 Å². The Morgan fingerprint density at radius 2 is 1.95 bits per heavy atom. The van der Waals surface area contributed by atoms with Gasteiger partial charge in [0.05, 0.1) is 13.5 Å². The number of rotatable bonds is 5. The van der Waals surface area contributed by atoms with Crippen LogP contribution in [0.1, 0.15) is 18.9 Å². The minimum Gasteiger partial charge on any atom is -0.493 e. The molecule has 0 saturated heterocycles. The Kier molecular flexibility index (Phi) is 5.35. The molecule has 0 radical (unpaired) electrons. The molecule has 0 heterocycles. The van der Waals surface area contributed by atoms with Gasteiger partial charge in [-0.1, -0.05) is 6.07 Å². The number of hydrogen-bond donors (Lipinski definition) is 0. The summed E-state index contributed by atoms with van der Waals surface area (Å²) < 4.78 is 59.2. The van der Waals surface area contributed by atoms with Crippen molar-refractivity contribution in [2.75, 3.05) is 7.11 Å². The maximum atomic E-state index is 13.3. The second-order valence-corrected chi connectivity index (χ2v) is 4.20. The van der Waals surface area contributed by atoms with Gasteiger partial charge in [0, 0.05) is 13.3 Å². The van der Waals surface area contributed by atoms with E-state index in [1.807, 2.05) is 0 Å². The molecule has 20 heavy (non-hydrogen) atoms. The van der Waals surface area contributed by atoms with Gasteiger partial charge in [-0.25, -0.2) is 4.39 Å². The van der Waals surface area contributed by atoms with E-state index in [9.17, 15) is 22.4 Å². The summed E-state index contributed by atoms with van der Waals surface area (Å²) in [4.78, 5) is 10.8. The molecule has 0 amide bonds. The Hall–Kier alpha value is -1.79. The molecule has 1 rings (SSSR count). The topological polar surface area (TPSA) is 35.5 Å². The van der Waals surface area contributed by atoms with Gasteiger partial charge in [-0.2, -0.15) is 13.2 Å². The van der Waals surface area contributed by atoms with Crippen molar-refractivity contribution >= 4 is 5.97 Å². The van der Waals surface area contributed by atoms with Crippen molar-refractivity contribution in [2.45, 2.75) is 32.1 Å². The molecule has 0 saturated carbocycles. The largest absolute Gasteiger partial charge is 0.493 e. The predicted molar refractivity (Wildman–Crippen MR) is 63.6 cm³/mol. The van der Waals surface area contributed by atoms with Gasteiger partial charge < -0.3 is 9.47 Å². The highest BCUT2D eigenvalue weighted by Gasteiger charge is 2.32. The Labute approximate surface area is 113 Å². The molecule has 0 aromatic heterocycles. The first kappa shape index (κ1) is 16.3. The molecule has 0 spiro atoms. The Morgan fingerprint density at radius 3 is 2.45 bits per heavy atom. The van der Waals surface area contributed by atoms with Crippen LogP contribution in [-0.2, 0) is 11.2 Å². The maximum absolute atomic E-state index is 13.3. The van der Waals surface area contributed by atoms with Crippen molar-refractivity contribution in [3.8, 4) is 11.5 Å². The third kappa shape index (κ3) is 5.46. The third-order valence-corrected chi connectivity index (χ3v) is 2.39. The third-order valence-electron chi connectivity index (χ3n) is 2.39. The molecular weight excluding hydrogens is 280 g/mol. The summed E-state index contributed by atoms with van der Waals surface area (Å²) in [5, 5.41) is 0. The molecule has 1 unspecified atom stereocenters. The van der Waals surface area contributed by atoms with Crippen molar-refractivity contribution in [1.29, 1.82) is 0 Å². The van der Waals surface area contributed by atoms with Crippen LogP contribution in [0.5, 0.6) is 11.5 Å². The predicted octanol–water partition coefficient (Wildman–Crippen LogP) is 3.45. The smallest absolute Gasteiger partial charge is 0.391 e. The van der Waals surface area contributed by atoms with Crippen LogP contribution < -0.4 is 9.47 Å². The fourth-order valence-corrected chi connectivity index (χ4v) is 1.66. The van der Waals surface area contributed by atoms with E-state index in [0.717, 1.165) is 0 Å². The van der Waals surface area contributed by atoms with Gasteiger partial charge >= 0.3 is 12.1 Å². The van der Waals surface area contributed by atoms with Crippen LogP contribution in [0.15, 0.2) is 18.2 Å². The SMILES string of the molecule is COc1cc(CC(F)CC(F)(F)F)ccc1OC(C)=O. The monoisotopic (exact) mass is 294 g/mol. The van der Waals surface area contributed by atoms with Crippen LogP contribution in [0.2, 0.25) is 0 Å². The van der Waals surface area contributed by atoms with Crippen LogP contribution in [0.4, 0.5) is 17.6 Å². The second-order valence-electron chi connectivity index (χ2n) is 4.20. The molecule has 0 bridgehead atoms. The Morgan fingerprint density at radius 1 is 1.30 bits per heavy atom. The van der Waals surface area contributed by atoms with E-state index in [0.29, 0.717) is 5.56 Å². The lowest BCUT2D eigenvalue weighted by atomic mass is 10.1. The Balaban J connectivity index is 2.80. The molecule has 1 atom stereocenters. The second kappa shape index (κ2) is 6.58. The van der Waals surface area contributed by atoms with E-state index < -0.39 is 31.2 Å². The van der Waals surface area contributed by atoms with Gasteiger partial charge in [0.1, 0.15) is 6.17 Å². The number of esters is 1. The van der Waals surface area contributed by atoms with E-state index >= 15 is 0 Å². The van der Waals surface area contributed by atoms with Crippen LogP contribution in [-0.4, -0.2) is 25.4 Å². The van der Waals surface area contributed by atoms with Gasteiger partial charge in [-0.15, -0.1) is 0 Å². The fraction of sp³-hybridized carbons (Fsp3) is 0.462. The zero-order valence-corrected chi connectivity index (χ0v) is 11.0. The van der Waals surface area contributed by atoms with Crippen molar-refractivity contribution in [3.05, 3.63) is 23.8 Å². The maximum Gasteiger partial charge on any atom is 0.391 e. The molecule has 0 aliphatic carbocycles. The first-order valence-electron chi connectivity index (χ1n) is 5.77. The summed E-state index contributed by atoms with van der Waals surface area (Å²) in [6.45, 7) is 1.20. The molecule has 3 nitrogen and oxygen atoms in total. The van der Waals surface area contributed by atoms with Gasteiger partial charge in [0.25, 0.3) is 0 Å². The van der Waals surface area contributed by atoms with Crippen LogP contribution in [0.3, 0.4) is 0 Å². The zero-order chi connectivity index (χ0) is 15.3. The van der Waals surface area contributed by atoms with Crippen molar-refractivity contribution in [1.82, 2.24) is 0 Å². The zero-order valence-electron chi connectivity index (χ0n) is 11.0. The minimum atomic E-state index is -4.54. The van der Waals surface area contributed by atoms with Gasteiger partial charge in [-0.05, 0) is 17.7 Å². The number of alkyl halides is 4. The molecule has 1 aromatic carbocycles. The number of hydrogen-bond acceptors (Lipinski definition) is 3. The van der Waals surface area contributed by atoms with Crippen LogP contribution >= 0.6 is 0 Å². The lowest BCUT2D eigenvalue weighted by Gasteiger charge is -2.13. The Bertz CT molecular complexity index is 471. The lowest BCUT2D eigenvalue weighted by Crippen LogP contribution is -2.17. The molecule has 1 aromatic rings. The molecule has 7 heteroatoms. The number of halogens is 4. The molecular formula is C13H14F4O3. The molecule has 0 aliphatic heterocycles. The van der Waals surface area contributed by atoms with E-state index in [1.54, 1.807) is 0 Å². The molecule has 0 aliphatic rings.